The molecule has 2 fully saturated rings. The van der Waals surface area contributed by atoms with Gasteiger partial charge in [-0.2, -0.15) is 5.10 Å². The minimum atomic E-state index is -0.463. The summed E-state index contributed by atoms with van der Waals surface area (Å²) < 4.78 is 21.0. The maximum absolute atomic E-state index is 13.0. The first kappa shape index (κ1) is 17.5. The highest BCUT2D eigenvalue weighted by molar-refractivity contribution is 5.22. The number of benzene rings is 1. The molecule has 1 saturated heterocycles. The van der Waals surface area contributed by atoms with Crippen molar-refractivity contribution in [1.29, 1.82) is 0 Å². The molecule has 1 aromatic carbocycles. The van der Waals surface area contributed by atoms with E-state index in [1.54, 1.807) is 12.1 Å². The molecule has 1 saturated carbocycles. The van der Waals surface area contributed by atoms with Crippen molar-refractivity contribution in [3.63, 3.8) is 0 Å². The van der Waals surface area contributed by atoms with Crippen LogP contribution in [-0.2, 0) is 6.54 Å². The number of fused-ring (bicyclic) bond motifs is 1. The SMILES string of the molecule is Cc1ccnn1CCN1C[C@H]2C[C@@H](Oc3ccc(F)cc3)[C@H](O)C[C@H]2C1. The number of nitrogens with zero attached hydrogens (tertiary/aromatic N) is 3. The molecule has 6 heteroatoms. The smallest absolute Gasteiger partial charge is 0.125 e. The highest BCUT2D eigenvalue weighted by atomic mass is 19.1. The Morgan fingerprint density at radius 2 is 1.85 bits per heavy atom. The maximum atomic E-state index is 13.0. The lowest BCUT2D eigenvalue weighted by atomic mass is 9.78. The molecule has 5 nitrogen and oxygen atoms in total. The molecule has 1 aliphatic carbocycles. The van der Waals surface area contributed by atoms with E-state index in [4.69, 9.17) is 4.74 Å². The molecule has 0 bridgehead atoms. The van der Waals surface area contributed by atoms with Crippen molar-refractivity contribution in [2.75, 3.05) is 19.6 Å². The Morgan fingerprint density at radius 1 is 1.12 bits per heavy atom. The molecule has 26 heavy (non-hydrogen) atoms. The maximum Gasteiger partial charge on any atom is 0.125 e. The second-order valence-corrected chi connectivity index (χ2v) is 7.62. The Morgan fingerprint density at radius 3 is 2.54 bits per heavy atom. The van der Waals surface area contributed by atoms with Gasteiger partial charge in [-0.25, -0.2) is 4.39 Å². The second-order valence-electron chi connectivity index (χ2n) is 7.62. The van der Waals surface area contributed by atoms with Gasteiger partial charge in [0.05, 0.1) is 12.6 Å². The third kappa shape index (κ3) is 3.76. The van der Waals surface area contributed by atoms with Gasteiger partial charge in [0, 0.05) is 31.5 Å². The zero-order valence-electron chi connectivity index (χ0n) is 15.1. The van der Waals surface area contributed by atoms with Gasteiger partial charge in [-0.15, -0.1) is 0 Å². The van der Waals surface area contributed by atoms with E-state index >= 15 is 0 Å². The van der Waals surface area contributed by atoms with Crippen LogP contribution in [0.1, 0.15) is 18.5 Å². The fourth-order valence-corrected chi connectivity index (χ4v) is 4.35. The molecule has 1 aliphatic heterocycles. The van der Waals surface area contributed by atoms with E-state index in [0.29, 0.717) is 17.6 Å². The van der Waals surface area contributed by atoms with Gasteiger partial charge in [-0.05, 0) is 61.9 Å². The minimum absolute atomic E-state index is 0.213. The summed E-state index contributed by atoms with van der Waals surface area (Å²) in [5.74, 6) is 1.41. The Kier molecular flexibility index (Phi) is 4.96. The van der Waals surface area contributed by atoms with Crippen molar-refractivity contribution in [2.45, 2.75) is 38.5 Å². The summed E-state index contributed by atoms with van der Waals surface area (Å²) in [6.45, 7) is 6.03. The summed E-state index contributed by atoms with van der Waals surface area (Å²) in [5.41, 5.74) is 1.18. The standard InChI is InChI=1S/C20H26FN3O2/c1-14-6-7-22-24(14)9-8-23-12-15-10-19(25)20(11-16(15)13-23)26-18-4-2-17(21)3-5-18/h2-7,15-16,19-20,25H,8-13H2,1H3/t15-,16+,19+,20+/m0/s1. The summed E-state index contributed by atoms with van der Waals surface area (Å²) in [4.78, 5) is 2.48. The van der Waals surface area contributed by atoms with Gasteiger partial charge in [-0.1, -0.05) is 0 Å². The number of ether oxygens (including phenoxy) is 1. The number of likely N-dealkylation sites (tertiary alicyclic amines) is 1. The van der Waals surface area contributed by atoms with Crippen LogP contribution in [0.2, 0.25) is 0 Å². The zero-order valence-corrected chi connectivity index (χ0v) is 15.1. The molecule has 0 amide bonds. The molecule has 140 valence electrons. The van der Waals surface area contributed by atoms with Crippen LogP contribution in [0.25, 0.3) is 0 Å². The van der Waals surface area contributed by atoms with Gasteiger partial charge >= 0.3 is 0 Å². The lowest BCUT2D eigenvalue weighted by molar-refractivity contribution is -0.0231. The minimum Gasteiger partial charge on any atom is -0.488 e. The molecule has 2 aliphatic rings. The van der Waals surface area contributed by atoms with Crippen molar-refractivity contribution in [1.82, 2.24) is 14.7 Å². The molecule has 1 N–H and O–H groups in total. The first-order valence-electron chi connectivity index (χ1n) is 9.39. The van der Waals surface area contributed by atoms with Crippen molar-refractivity contribution >= 4 is 0 Å². The van der Waals surface area contributed by atoms with Gasteiger partial charge in [0.2, 0.25) is 0 Å². The van der Waals surface area contributed by atoms with E-state index in [1.165, 1.54) is 17.8 Å². The van der Waals surface area contributed by atoms with Crippen LogP contribution in [0.15, 0.2) is 36.5 Å². The van der Waals surface area contributed by atoms with E-state index in [2.05, 4.69) is 16.9 Å². The first-order chi connectivity index (χ1) is 12.6. The van der Waals surface area contributed by atoms with Gasteiger partial charge in [-0.3, -0.25) is 4.68 Å². The molecule has 4 atom stereocenters. The summed E-state index contributed by atoms with van der Waals surface area (Å²) in [6, 6.07) is 8.06. The van der Waals surface area contributed by atoms with E-state index in [0.717, 1.165) is 39.0 Å². The topological polar surface area (TPSA) is 50.5 Å². The van der Waals surface area contributed by atoms with Crippen LogP contribution in [0, 0.1) is 24.6 Å². The molecular formula is C20H26FN3O2. The Hall–Kier alpha value is -1.92. The average molecular weight is 359 g/mol. The van der Waals surface area contributed by atoms with Gasteiger partial charge < -0.3 is 14.7 Å². The van der Waals surface area contributed by atoms with Crippen molar-refractivity contribution in [3.8, 4) is 5.75 Å². The monoisotopic (exact) mass is 359 g/mol. The molecule has 4 rings (SSSR count). The number of halogens is 1. The molecule has 1 aromatic heterocycles. The van der Waals surface area contributed by atoms with E-state index in [-0.39, 0.29) is 11.9 Å². The average Bonchev–Trinajstić information content (AvgIpc) is 3.20. The fraction of sp³-hybridized carbons (Fsp3) is 0.550. The van der Waals surface area contributed by atoms with Crippen molar-refractivity contribution in [3.05, 3.63) is 48.0 Å². The first-order valence-corrected chi connectivity index (χ1v) is 9.39. The number of aliphatic hydroxyl groups is 1. The van der Waals surface area contributed by atoms with Crippen molar-refractivity contribution in [2.24, 2.45) is 11.8 Å². The zero-order chi connectivity index (χ0) is 18.1. The van der Waals surface area contributed by atoms with Crippen molar-refractivity contribution < 1.29 is 14.2 Å². The van der Waals surface area contributed by atoms with E-state index in [1.807, 2.05) is 16.9 Å². The third-order valence-electron chi connectivity index (χ3n) is 5.82. The number of aryl methyl sites for hydroxylation is 1. The number of rotatable bonds is 5. The number of hydrogen-bond donors (Lipinski definition) is 1. The Balaban J connectivity index is 1.33. The molecule has 0 unspecified atom stereocenters. The number of aromatic nitrogens is 2. The van der Waals surface area contributed by atoms with Gasteiger partial charge in [0.25, 0.3) is 0 Å². The quantitative estimate of drug-likeness (QED) is 0.891. The molecule has 2 heterocycles. The normalized spacial score (nSPS) is 28.9. The Bertz CT molecular complexity index is 733. The summed E-state index contributed by atoms with van der Waals surface area (Å²) >= 11 is 0. The van der Waals surface area contributed by atoms with Gasteiger partial charge in [0.15, 0.2) is 0 Å². The molecule has 0 radical (unpaired) electrons. The molecule has 2 aromatic rings. The molecule has 0 spiro atoms. The van der Waals surface area contributed by atoms with Crippen LogP contribution in [0.3, 0.4) is 0 Å². The number of hydrogen-bond acceptors (Lipinski definition) is 4. The van der Waals surface area contributed by atoms with E-state index < -0.39 is 6.10 Å². The van der Waals surface area contributed by atoms with Crippen LogP contribution < -0.4 is 4.74 Å². The Labute approximate surface area is 153 Å². The van der Waals surface area contributed by atoms with Crippen LogP contribution in [0.4, 0.5) is 4.39 Å². The highest BCUT2D eigenvalue weighted by Gasteiger charge is 2.42. The highest BCUT2D eigenvalue weighted by Crippen LogP contribution is 2.38. The second kappa shape index (κ2) is 7.37. The predicted molar refractivity (Wildman–Crippen MR) is 96.4 cm³/mol. The third-order valence-corrected chi connectivity index (χ3v) is 5.82. The summed E-state index contributed by atoms with van der Waals surface area (Å²) in [7, 11) is 0. The lowest BCUT2D eigenvalue weighted by Gasteiger charge is -2.35. The largest absolute Gasteiger partial charge is 0.488 e. The summed E-state index contributed by atoms with van der Waals surface area (Å²) in [5, 5.41) is 14.9. The lowest BCUT2D eigenvalue weighted by Crippen LogP contribution is -2.42. The van der Waals surface area contributed by atoms with Crippen LogP contribution in [0.5, 0.6) is 5.75 Å². The van der Waals surface area contributed by atoms with Crippen LogP contribution >= 0.6 is 0 Å². The predicted octanol–water partition coefficient (Wildman–Crippen LogP) is 2.48. The fourth-order valence-electron chi connectivity index (χ4n) is 4.35. The van der Waals surface area contributed by atoms with Gasteiger partial charge in [0.1, 0.15) is 17.7 Å². The number of aliphatic hydroxyl groups excluding tert-OH is 1. The van der Waals surface area contributed by atoms with Crippen LogP contribution in [-0.4, -0.2) is 51.6 Å². The summed E-state index contributed by atoms with van der Waals surface area (Å²) in [6.07, 6.45) is 2.78. The molecular weight excluding hydrogens is 333 g/mol. The van der Waals surface area contributed by atoms with E-state index in [9.17, 15) is 9.50 Å².